The predicted octanol–water partition coefficient (Wildman–Crippen LogP) is 5.78. The number of halogens is 3. The van der Waals surface area contributed by atoms with Crippen LogP contribution in [0.3, 0.4) is 0 Å². The molecule has 0 saturated carbocycles. The van der Waals surface area contributed by atoms with E-state index in [1.165, 1.54) is 11.8 Å². The monoisotopic (exact) mass is 357 g/mol. The van der Waals surface area contributed by atoms with Gasteiger partial charge in [0.1, 0.15) is 6.07 Å². The van der Waals surface area contributed by atoms with Crippen LogP contribution in [0, 0.1) is 11.3 Å². The van der Waals surface area contributed by atoms with Crippen molar-refractivity contribution in [3.63, 3.8) is 0 Å². The zero-order chi connectivity index (χ0) is 13.1. The zero-order valence-corrected chi connectivity index (χ0v) is 12.9. The van der Waals surface area contributed by atoms with Crippen LogP contribution in [-0.4, -0.2) is 0 Å². The molecule has 0 heterocycles. The zero-order valence-electron chi connectivity index (χ0n) is 8.95. The first kappa shape index (κ1) is 13.8. The molecule has 0 aromatic heterocycles. The summed E-state index contributed by atoms with van der Waals surface area (Å²) in [6, 6.07) is 12.9. The fourth-order valence-electron chi connectivity index (χ4n) is 1.35. The first-order chi connectivity index (χ1) is 8.60. The van der Waals surface area contributed by atoms with Crippen LogP contribution >= 0.6 is 50.9 Å². The van der Waals surface area contributed by atoms with E-state index >= 15 is 0 Å². The smallest absolute Gasteiger partial charge is 0.100 e. The molecule has 0 unspecified atom stereocenters. The van der Waals surface area contributed by atoms with Crippen LogP contribution in [0.25, 0.3) is 0 Å². The highest BCUT2D eigenvalue weighted by molar-refractivity contribution is 9.10. The summed E-state index contributed by atoms with van der Waals surface area (Å²) in [5.74, 6) is 0. The second-order valence-corrected chi connectivity index (χ2v) is 6.27. The van der Waals surface area contributed by atoms with E-state index in [-0.39, 0.29) is 0 Å². The first-order valence-corrected chi connectivity index (χ1v) is 7.29. The van der Waals surface area contributed by atoms with Crippen LogP contribution in [0.5, 0.6) is 0 Å². The topological polar surface area (TPSA) is 23.8 Å². The molecular weight excluding hydrogens is 353 g/mol. The molecule has 0 saturated heterocycles. The van der Waals surface area contributed by atoms with Crippen LogP contribution in [0.4, 0.5) is 0 Å². The number of nitrogens with zero attached hydrogens (tertiary/aromatic N) is 1. The van der Waals surface area contributed by atoms with Gasteiger partial charge in [0.2, 0.25) is 0 Å². The number of rotatable bonds is 2. The second-order valence-electron chi connectivity index (χ2n) is 3.43. The lowest BCUT2D eigenvalue weighted by Crippen LogP contribution is -1.82. The van der Waals surface area contributed by atoms with Crippen LogP contribution in [0.1, 0.15) is 5.56 Å². The lowest BCUT2D eigenvalue weighted by atomic mass is 10.2. The Labute approximate surface area is 128 Å². The molecule has 0 amide bonds. The Balaban J connectivity index is 2.43. The van der Waals surface area contributed by atoms with Gasteiger partial charge in [-0.15, -0.1) is 0 Å². The summed E-state index contributed by atoms with van der Waals surface area (Å²) >= 11 is 16.9. The van der Waals surface area contributed by atoms with Gasteiger partial charge in [0, 0.05) is 19.3 Å². The van der Waals surface area contributed by atoms with Gasteiger partial charge >= 0.3 is 0 Å². The minimum absolute atomic E-state index is 0.610. The third-order valence-electron chi connectivity index (χ3n) is 2.18. The molecule has 0 aliphatic heterocycles. The Morgan fingerprint density at radius 1 is 1.06 bits per heavy atom. The van der Waals surface area contributed by atoms with Gasteiger partial charge in [0.15, 0.2) is 0 Å². The highest BCUT2D eigenvalue weighted by Gasteiger charge is 2.08. The summed E-state index contributed by atoms with van der Waals surface area (Å²) in [4.78, 5) is 1.68. The van der Waals surface area contributed by atoms with Crippen molar-refractivity contribution in [1.82, 2.24) is 0 Å². The molecule has 1 nitrogen and oxygen atoms in total. The molecule has 0 N–H and O–H groups in total. The minimum atomic E-state index is 0.610. The second kappa shape index (κ2) is 5.99. The maximum Gasteiger partial charge on any atom is 0.100 e. The van der Waals surface area contributed by atoms with Gasteiger partial charge in [-0.2, -0.15) is 5.26 Å². The molecule has 5 heteroatoms. The summed E-state index contributed by atoms with van der Waals surface area (Å²) in [6.45, 7) is 0. The van der Waals surface area contributed by atoms with E-state index < -0.39 is 0 Å². The van der Waals surface area contributed by atoms with E-state index in [9.17, 15) is 0 Å². The van der Waals surface area contributed by atoms with Crippen molar-refractivity contribution in [2.24, 2.45) is 0 Å². The molecular formula is C13H6BrCl2NS. The molecule has 2 aromatic rings. The third-order valence-corrected chi connectivity index (χ3v) is 4.46. The van der Waals surface area contributed by atoms with Gasteiger partial charge in [-0.3, -0.25) is 0 Å². The van der Waals surface area contributed by atoms with Gasteiger partial charge < -0.3 is 0 Å². The molecule has 0 fully saturated rings. The molecule has 0 atom stereocenters. The van der Waals surface area contributed by atoms with Gasteiger partial charge in [-0.1, -0.05) is 50.9 Å². The van der Waals surface area contributed by atoms with E-state index in [4.69, 9.17) is 28.5 Å². The lowest BCUT2D eigenvalue weighted by molar-refractivity contribution is 1.34. The standard InChI is InChI=1S/C13H6BrCl2NS/c14-9-2-1-8(7-17)12(5-9)18-13-6-10(15)3-4-11(13)16/h1-6H. The van der Waals surface area contributed by atoms with Crippen molar-refractivity contribution in [3.05, 3.63) is 56.5 Å². The van der Waals surface area contributed by atoms with Gasteiger partial charge in [0.25, 0.3) is 0 Å². The van der Waals surface area contributed by atoms with E-state index in [0.717, 1.165) is 14.3 Å². The van der Waals surface area contributed by atoms with E-state index in [1.807, 2.05) is 12.1 Å². The summed E-state index contributed by atoms with van der Waals surface area (Å²) in [6.07, 6.45) is 0. The van der Waals surface area contributed by atoms with Crippen molar-refractivity contribution in [3.8, 4) is 6.07 Å². The van der Waals surface area contributed by atoms with Gasteiger partial charge in [-0.05, 0) is 36.4 Å². The first-order valence-electron chi connectivity index (χ1n) is 4.92. The van der Waals surface area contributed by atoms with Crippen molar-refractivity contribution in [2.45, 2.75) is 9.79 Å². The predicted molar refractivity (Wildman–Crippen MR) is 79.4 cm³/mol. The van der Waals surface area contributed by atoms with Gasteiger partial charge in [0.05, 0.1) is 10.6 Å². The number of hydrogen-bond donors (Lipinski definition) is 0. The number of nitriles is 1. The molecule has 0 aliphatic rings. The van der Waals surface area contributed by atoms with Gasteiger partial charge in [-0.25, -0.2) is 0 Å². The summed E-state index contributed by atoms with van der Waals surface area (Å²) in [7, 11) is 0. The summed E-state index contributed by atoms with van der Waals surface area (Å²) in [5.41, 5.74) is 0.610. The van der Waals surface area contributed by atoms with Crippen molar-refractivity contribution in [1.29, 1.82) is 5.26 Å². The van der Waals surface area contributed by atoms with E-state index in [2.05, 4.69) is 22.0 Å². The number of benzene rings is 2. The highest BCUT2D eigenvalue weighted by Crippen LogP contribution is 2.37. The molecule has 2 aromatic carbocycles. The average molecular weight is 359 g/mol. The Morgan fingerprint density at radius 2 is 1.83 bits per heavy atom. The fourth-order valence-corrected chi connectivity index (χ4v) is 3.33. The lowest BCUT2D eigenvalue weighted by Gasteiger charge is -2.07. The maximum absolute atomic E-state index is 9.07. The summed E-state index contributed by atoms with van der Waals surface area (Å²) < 4.78 is 0.919. The largest absolute Gasteiger partial charge is 0.192 e. The molecule has 0 radical (unpaired) electrons. The molecule has 0 bridgehead atoms. The fraction of sp³-hybridized carbons (Fsp3) is 0. The van der Waals surface area contributed by atoms with Crippen molar-refractivity contribution in [2.75, 3.05) is 0 Å². The highest BCUT2D eigenvalue weighted by atomic mass is 79.9. The Morgan fingerprint density at radius 3 is 2.56 bits per heavy atom. The number of hydrogen-bond acceptors (Lipinski definition) is 2. The minimum Gasteiger partial charge on any atom is -0.192 e. The quantitative estimate of drug-likeness (QED) is 0.679. The molecule has 0 spiro atoms. The van der Waals surface area contributed by atoms with Crippen LogP contribution in [0.2, 0.25) is 10.0 Å². The third kappa shape index (κ3) is 3.21. The van der Waals surface area contributed by atoms with E-state index in [1.54, 1.807) is 24.3 Å². The Hall–Kier alpha value is -0.660. The van der Waals surface area contributed by atoms with Crippen LogP contribution in [-0.2, 0) is 0 Å². The Bertz CT molecular complexity index is 637. The van der Waals surface area contributed by atoms with Crippen molar-refractivity contribution >= 4 is 50.9 Å². The SMILES string of the molecule is N#Cc1ccc(Br)cc1Sc1cc(Cl)ccc1Cl. The molecule has 90 valence electrons. The van der Waals surface area contributed by atoms with Crippen LogP contribution < -0.4 is 0 Å². The summed E-state index contributed by atoms with van der Waals surface area (Å²) in [5, 5.41) is 10.3. The molecule has 2 rings (SSSR count). The van der Waals surface area contributed by atoms with E-state index in [0.29, 0.717) is 15.6 Å². The van der Waals surface area contributed by atoms with Crippen LogP contribution in [0.15, 0.2) is 50.7 Å². The molecule has 18 heavy (non-hydrogen) atoms. The average Bonchev–Trinajstić information content (AvgIpc) is 2.34. The van der Waals surface area contributed by atoms with Crippen molar-refractivity contribution < 1.29 is 0 Å². The Kier molecular flexibility index (Phi) is 4.58. The normalized spacial score (nSPS) is 10.1. The maximum atomic E-state index is 9.07. The molecule has 0 aliphatic carbocycles.